The van der Waals surface area contributed by atoms with Crippen molar-refractivity contribution in [1.82, 2.24) is 14.6 Å². The third kappa shape index (κ3) is 2.11. The fourth-order valence-electron chi connectivity index (χ4n) is 1.50. The zero-order valence-electron chi connectivity index (χ0n) is 10.2. The van der Waals surface area contributed by atoms with E-state index in [1.54, 1.807) is 23.9 Å². The van der Waals surface area contributed by atoms with Crippen LogP contribution in [-0.4, -0.2) is 42.9 Å². The summed E-state index contributed by atoms with van der Waals surface area (Å²) in [7, 11) is -0.592. The number of nitrogens with zero attached hydrogens (tertiary/aromatic N) is 3. The first-order valence-corrected chi connectivity index (χ1v) is 7.71. The number of aromatic nitrogens is 2. The van der Waals surface area contributed by atoms with E-state index in [1.165, 1.54) is 14.1 Å². The van der Waals surface area contributed by atoms with Crippen LogP contribution in [0.25, 0.3) is 11.0 Å². The zero-order valence-corrected chi connectivity index (χ0v) is 11.9. The van der Waals surface area contributed by atoms with E-state index in [4.69, 9.17) is 0 Å². The summed E-state index contributed by atoms with van der Waals surface area (Å²) in [6.45, 7) is 2.01. The fourth-order valence-corrected chi connectivity index (χ4v) is 3.26. The standard InChI is InChI=1S/C10H13N3O3S2/c1-4-17-7-5-6-8(18(14,15)13(2)3)10-9(7)11-16-12-10/h5-6H,4H2,1-3H3. The molecule has 0 saturated heterocycles. The lowest BCUT2D eigenvalue weighted by molar-refractivity contribution is 0.314. The molecule has 0 radical (unpaired) electrons. The van der Waals surface area contributed by atoms with Crippen LogP contribution in [0.5, 0.6) is 0 Å². The van der Waals surface area contributed by atoms with Crippen molar-refractivity contribution in [3.05, 3.63) is 12.1 Å². The van der Waals surface area contributed by atoms with Crippen molar-refractivity contribution < 1.29 is 13.0 Å². The molecule has 8 heteroatoms. The number of hydrogen-bond acceptors (Lipinski definition) is 6. The molecule has 0 N–H and O–H groups in total. The molecule has 0 unspecified atom stereocenters. The summed E-state index contributed by atoms with van der Waals surface area (Å²) < 4.78 is 30.1. The summed E-state index contributed by atoms with van der Waals surface area (Å²) in [5, 5.41) is 7.49. The van der Waals surface area contributed by atoms with E-state index in [0.29, 0.717) is 5.52 Å². The second kappa shape index (κ2) is 4.87. The lowest BCUT2D eigenvalue weighted by atomic mass is 10.3. The Bertz CT molecular complexity index is 664. The largest absolute Gasteiger partial charge is 0.244 e. The SMILES string of the molecule is CCSc1ccc(S(=O)(=O)N(C)C)c2nonc12. The number of rotatable bonds is 4. The molecule has 2 aromatic rings. The third-order valence-corrected chi connectivity index (χ3v) is 5.18. The molecule has 0 bridgehead atoms. The van der Waals surface area contributed by atoms with E-state index in [1.807, 2.05) is 6.92 Å². The second-order valence-electron chi connectivity index (χ2n) is 3.74. The maximum atomic E-state index is 12.1. The highest BCUT2D eigenvalue weighted by molar-refractivity contribution is 7.99. The zero-order chi connectivity index (χ0) is 13.3. The predicted octanol–water partition coefficient (Wildman–Crippen LogP) is 1.59. The summed E-state index contributed by atoms with van der Waals surface area (Å²) in [5.41, 5.74) is 0.770. The van der Waals surface area contributed by atoms with Crippen molar-refractivity contribution in [2.75, 3.05) is 19.8 Å². The highest BCUT2D eigenvalue weighted by atomic mass is 32.2. The van der Waals surface area contributed by atoms with Crippen LogP contribution in [0.4, 0.5) is 0 Å². The summed E-state index contributed by atoms with van der Waals surface area (Å²) in [4.78, 5) is 0.982. The Morgan fingerprint density at radius 3 is 2.56 bits per heavy atom. The number of thioether (sulfide) groups is 1. The van der Waals surface area contributed by atoms with Crippen molar-refractivity contribution in [2.24, 2.45) is 0 Å². The first kappa shape index (κ1) is 13.3. The second-order valence-corrected chi connectivity index (χ2v) is 7.17. The summed E-state index contributed by atoms with van der Waals surface area (Å²) in [5.74, 6) is 0.863. The molecule has 0 spiro atoms. The lowest BCUT2D eigenvalue weighted by Crippen LogP contribution is -2.22. The lowest BCUT2D eigenvalue weighted by Gasteiger charge is -2.11. The smallest absolute Gasteiger partial charge is 0.243 e. The van der Waals surface area contributed by atoms with Crippen molar-refractivity contribution in [3.8, 4) is 0 Å². The Hall–Kier alpha value is -1.12. The Kier molecular flexibility index (Phi) is 3.60. The van der Waals surface area contributed by atoms with Gasteiger partial charge in [-0.1, -0.05) is 6.92 Å². The van der Waals surface area contributed by atoms with Crippen LogP contribution in [0.3, 0.4) is 0 Å². The first-order chi connectivity index (χ1) is 8.48. The highest BCUT2D eigenvalue weighted by Gasteiger charge is 2.24. The molecule has 0 saturated carbocycles. The molecule has 0 amide bonds. The molecule has 6 nitrogen and oxygen atoms in total. The molecule has 0 fully saturated rings. The molecule has 2 rings (SSSR count). The van der Waals surface area contributed by atoms with Crippen molar-refractivity contribution in [3.63, 3.8) is 0 Å². The van der Waals surface area contributed by atoms with Gasteiger partial charge in [0.15, 0.2) is 5.52 Å². The van der Waals surface area contributed by atoms with E-state index in [9.17, 15) is 8.42 Å². The van der Waals surface area contributed by atoms with Crippen molar-refractivity contribution in [2.45, 2.75) is 16.7 Å². The van der Waals surface area contributed by atoms with E-state index in [-0.39, 0.29) is 10.4 Å². The van der Waals surface area contributed by atoms with Gasteiger partial charge < -0.3 is 0 Å². The van der Waals surface area contributed by atoms with Gasteiger partial charge in [-0.2, -0.15) is 0 Å². The van der Waals surface area contributed by atoms with E-state index in [2.05, 4.69) is 14.9 Å². The van der Waals surface area contributed by atoms with Crippen molar-refractivity contribution >= 4 is 32.8 Å². The summed E-state index contributed by atoms with van der Waals surface area (Å²) >= 11 is 1.57. The van der Waals surface area contributed by atoms with Crippen molar-refractivity contribution in [1.29, 1.82) is 0 Å². The highest BCUT2D eigenvalue weighted by Crippen LogP contribution is 2.30. The average Bonchev–Trinajstić information content (AvgIpc) is 2.78. The van der Waals surface area contributed by atoms with Gasteiger partial charge >= 0.3 is 0 Å². The van der Waals surface area contributed by atoms with Gasteiger partial charge in [0, 0.05) is 19.0 Å². The molecule has 1 aromatic heterocycles. The van der Waals surface area contributed by atoms with Gasteiger partial charge in [-0.25, -0.2) is 17.4 Å². The monoisotopic (exact) mass is 287 g/mol. The molecule has 18 heavy (non-hydrogen) atoms. The molecule has 0 aliphatic carbocycles. The average molecular weight is 287 g/mol. The van der Waals surface area contributed by atoms with Crippen LogP contribution >= 0.6 is 11.8 Å². The maximum Gasteiger partial charge on any atom is 0.244 e. The number of fused-ring (bicyclic) bond motifs is 1. The Morgan fingerprint density at radius 2 is 1.94 bits per heavy atom. The van der Waals surface area contributed by atoms with Crippen LogP contribution in [0.2, 0.25) is 0 Å². The topological polar surface area (TPSA) is 76.3 Å². The molecule has 1 heterocycles. The minimum Gasteiger partial charge on any atom is -0.243 e. The molecular weight excluding hydrogens is 274 g/mol. The number of hydrogen-bond donors (Lipinski definition) is 0. The van der Waals surface area contributed by atoms with Crippen LogP contribution < -0.4 is 0 Å². The van der Waals surface area contributed by atoms with Crippen LogP contribution in [0.15, 0.2) is 26.6 Å². The minimum atomic E-state index is -3.54. The van der Waals surface area contributed by atoms with Gasteiger partial charge in [-0.05, 0) is 28.2 Å². The van der Waals surface area contributed by atoms with E-state index >= 15 is 0 Å². The minimum absolute atomic E-state index is 0.115. The molecular formula is C10H13N3O3S2. The normalized spacial score (nSPS) is 12.4. The molecule has 98 valence electrons. The predicted molar refractivity (Wildman–Crippen MR) is 69.1 cm³/mol. The molecule has 1 aromatic carbocycles. The summed E-state index contributed by atoms with van der Waals surface area (Å²) in [6, 6.07) is 3.27. The first-order valence-electron chi connectivity index (χ1n) is 5.29. The van der Waals surface area contributed by atoms with Crippen LogP contribution in [0.1, 0.15) is 6.92 Å². The Balaban J connectivity index is 2.69. The van der Waals surface area contributed by atoms with E-state index in [0.717, 1.165) is 15.0 Å². The molecule has 0 aliphatic rings. The number of benzene rings is 1. The number of sulfonamides is 1. The van der Waals surface area contributed by atoms with Gasteiger partial charge in [0.25, 0.3) is 0 Å². The molecule has 0 aliphatic heterocycles. The van der Waals surface area contributed by atoms with Gasteiger partial charge in [0.1, 0.15) is 10.4 Å². The van der Waals surface area contributed by atoms with E-state index < -0.39 is 10.0 Å². The van der Waals surface area contributed by atoms with Gasteiger partial charge in [-0.3, -0.25) is 0 Å². The Morgan fingerprint density at radius 1 is 1.28 bits per heavy atom. The van der Waals surface area contributed by atoms with Crippen LogP contribution in [0, 0.1) is 0 Å². The third-order valence-electron chi connectivity index (χ3n) is 2.40. The molecule has 0 atom stereocenters. The fraction of sp³-hybridized carbons (Fsp3) is 0.400. The Labute approximate surface area is 109 Å². The van der Waals surface area contributed by atoms with Gasteiger partial charge in [0.05, 0.1) is 0 Å². The summed E-state index contributed by atoms with van der Waals surface area (Å²) in [6.07, 6.45) is 0. The van der Waals surface area contributed by atoms with Crippen LogP contribution in [-0.2, 0) is 10.0 Å². The van der Waals surface area contributed by atoms with Gasteiger partial charge in [-0.15, -0.1) is 11.8 Å². The maximum absolute atomic E-state index is 12.1. The quantitative estimate of drug-likeness (QED) is 0.795. The van der Waals surface area contributed by atoms with Gasteiger partial charge in [0.2, 0.25) is 10.0 Å².